The van der Waals surface area contributed by atoms with E-state index in [4.69, 9.17) is 9.47 Å². The van der Waals surface area contributed by atoms with Crippen LogP contribution in [0.2, 0.25) is 0 Å². The minimum Gasteiger partial charge on any atom is -0.493 e. The largest absolute Gasteiger partial charge is 0.493 e. The van der Waals surface area contributed by atoms with E-state index in [0.29, 0.717) is 17.5 Å². The van der Waals surface area contributed by atoms with Crippen molar-refractivity contribution in [1.82, 2.24) is 10.6 Å². The molecular weight excluding hydrogens is 292 g/mol. The Hall–Kier alpha value is -1.91. The van der Waals surface area contributed by atoms with Crippen LogP contribution in [0.25, 0.3) is 0 Å². The summed E-state index contributed by atoms with van der Waals surface area (Å²) in [5, 5.41) is 6.30. The maximum atomic E-state index is 12.3. The zero-order chi connectivity index (χ0) is 16.3. The molecule has 0 spiro atoms. The number of rotatable bonds is 5. The van der Waals surface area contributed by atoms with E-state index in [0.717, 1.165) is 31.2 Å². The maximum Gasteiger partial charge on any atom is 0.315 e. The molecule has 2 aliphatic carbocycles. The summed E-state index contributed by atoms with van der Waals surface area (Å²) in [5.41, 5.74) is 0.826. The van der Waals surface area contributed by atoms with Crippen molar-refractivity contribution in [2.75, 3.05) is 14.2 Å². The number of urea groups is 1. The third-order valence-corrected chi connectivity index (χ3v) is 4.98. The summed E-state index contributed by atoms with van der Waals surface area (Å²) in [6.45, 7) is 0. The van der Waals surface area contributed by atoms with Gasteiger partial charge in [0.2, 0.25) is 0 Å². The predicted molar refractivity (Wildman–Crippen MR) is 89.0 cm³/mol. The summed E-state index contributed by atoms with van der Waals surface area (Å²) in [6.07, 6.45) is 7.82. The Morgan fingerprint density at radius 2 is 1.78 bits per heavy atom. The second-order valence-electron chi connectivity index (χ2n) is 6.59. The van der Waals surface area contributed by atoms with Crippen molar-refractivity contribution in [1.29, 1.82) is 0 Å². The molecule has 0 saturated heterocycles. The van der Waals surface area contributed by atoms with Crippen molar-refractivity contribution in [3.05, 3.63) is 23.8 Å². The zero-order valence-corrected chi connectivity index (χ0v) is 14.0. The second kappa shape index (κ2) is 6.69. The van der Waals surface area contributed by atoms with E-state index in [2.05, 4.69) is 10.6 Å². The van der Waals surface area contributed by atoms with Gasteiger partial charge in [-0.2, -0.15) is 0 Å². The molecule has 0 unspecified atom stereocenters. The molecular formula is C18H26N2O3. The molecule has 0 heterocycles. The van der Waals surface area contributed by atoms with Crippen LogP contribution in [0.3, 0.4) is 0 Å². The van der Waals surface area contributed by atoms with Gasteiger partial charge in [-0.05, 0) is 43.4 Å². The highest BCUT2D eigenvalue weighted by molar-refractivity contribution is 5.76. The smallest absolute Gasteiger partial charge is 0.315 e. The van der Waals surface area contributed by atoms with Crippen LogP contribution in [0.15, 0.2) is 18.2 Å². The third-order valence-electron chi connectivity index (χ3n) is 4.98. The molecule has 1 aromatic rings. The van der Waals surface area contributed by atoms with Gasteiger partial charge >= 0.3 is 6.03 Å². The second-order valence-corrected chi connectivity index (χ2v) is 6.59. The van der Waals surface area contributed by atoms with Crippen molar-refractivity contribution < 1.29 is 14.3 Å². The van der Waals surface area contributed by atoms with Gasteiger partial charge < -0.3 is 20.1 Å². The van der Waals surface area contributed by atoms with Gasteiger partial charge in [0.25, 0.3) is 0 Å². The van der Waals surface area contributed by atoms with Crippen LogP contribution in [0.5, 0.6) is 11.5 Å². The van der Waals surface area contributed by atoms with Crippen molar-refractivity contribution >= 4 is 6.03 Å². The first kappa shape index (κ1) is 16.0. The molecule has 5 nitrogen and oxygen atoms in total. The highest BCUT2D eigenvalue weighted by Crippen LogP contribution is 2.47. The standard InChI is InChI=1S/C18H26N2O3/c1-22-15-9-8-13(12-16(15)23-2)18(10-11-18)20-17(21)19-14-6-4-3-5-7-14/h8-9,12,14H,3-7,10-11H2,1-2H3,(H2,19,20,21). The van der Waals surface area contributed by atoms with Gasteiger partial charge in [-0.3, -0.25) is 0 Å². The quantitative estimate of drug-likeness (QED) is 0.875. The fraction of sp³-hybridized carbons (Fsp3) is 0.611. The Balaban J connectivity index is 1.66. The van der Waals surface area contributed by atoms with Crippen LogP contribution < -0.4 is 20.1 Å². The molecule has 0 atom stereocenters. The van der Waals surface area contributed by atoms with Crippen molar-refractivity contribution in [2.45, 2.75) is 56.5 Å². The zero-order valence-electron chi connectivity index (χ0n) is 14.0. The summed E-state index contributed by atoms with van der Waals surface area (Å²) < 4.78 is 10.7. The average Bonchev–Trinajstić information content (AvgIpc) is 3.35. The van der Waals surface area contributed by atoms with Gasteiger partial charge in [0.05, 0.1) is 19.8 Å². The predicted octanol–water partition coefficient (Wildman–Crippen LogP) is 3.32. The Morgan fingerprint density at radius 1 is 1.09 bits per heavy atom. The third kappa shape index (κ3) is 3.54. The van der Waals surface area contributed by atoms with Crippen LogP contribution in [0.4, 0.5) is 4.79 Å². The number of methoxy groups -OCH3 is 2. The van der Waals surface area contributed by atoms with Gasteiger partial charge in [-0.1, -0.05) is 25.3 Å². The molecule has 0 aromatic heterocycles. The molecule has 0 radical (unpaired) electrons. The Kier molecular flexibility index (Phi) is 4.64. The molecule has 2 amide bonds. The first-order chi connectivity index (χ1) is 11.2. The molecule has 5 heteroatoms. The van der Waals surface area contributed by atoms with Crippen LogP contribution in [-0.4, -0.2) is 26.3 Å². The molecule has 2 saturated carbocycles. The van der Waals surface area contributed by atoms with E-state index in [1.54, 1.807) is 14.2 Å². The molecule has 0 bridgehead atoms. The Morgan fingerprint density at radius 3 is 2.39 bits per heavy atom. The average molecular weight is 318 g/mol. The van der Waals surface area contributed by atoms with E-state index < -0.39 is 0 Å². The molecule has 3 rings (SSSR count). The van der Waals surface area contributed by atoms with Crippen molar-refractivity contribution in [2.24, 2.45) is 0 Å². The van der Waals surface area contributed by atoms with Gasteiger partial charge in [-0.25, -0.2) is 4.79 Å². The van der Waals surface area contributed by atoms with Gasteiger partial charge in [0, 0.05) is 6.04 Å². The minimum atomic E-state index is -0.252. The van der Waals surface area contributed by atoms with Crippen molar-refractivity contribution in [3.63, 3.8) is 0 Å². The first-order valence-corrected chi connectivity index (χ1v) is 8.48. The van der Waals surface area contributed by atoms with Crippen LogP contribution >= 0.6 is 0 Å². The molecule has 1 aromatic carbocycles. The SMILES string of the molecule is COc1ccc(C2(NC(=O)NC3CCCCC3)CC2)cc1OC. The van der Waals surface area contributed by atoms with Gasteiger partial charge in [0.15, 0.2) is 11.5 Å². The fourth-order valence-electron chi connectivity index (χ4n) is 3.43. The normalized spacial score (nSPS) is 19.7. The number of nitrogens with one attached hydrogen (secondary N) is 2. The number of amides is 2. The molecule has 2 fully saturated rings. The number of ether oxygens (including phenoxy) is 2. The summed E-state index contributed by atoms with van der Waals surface area (Å²) >= 11 is 0. The lowest BCUT2D eigenvalue weighted by atomic mass is 9.96. The Bertz CT molecular complexity index is 563. The summed E-state index contributed by atoms with van der Waals surface area (Å²) in [4.78, 5) is 12.3. The van der Waals surface area contributed by atoms with E-state index in [9.17, 15) is 4.79 Å². The van der Waals surface area contributed by atoms with E-state index in [1.807, 2.05) is 18.2 Å². The van der Waals surface area contributed by atoms with Gasteiger partial charge in [0.1, 0.15) is 0 Å². The number of carbonyl (C=O) groups excluding carboxylic acids is 1. The number of carbonyl (C=O) groups is 1. The first-order valence-electron chi connectivity index (χ1n) is 8.48. The monoisotopic (exact) mass is 318 g/mol. The van der Waals surface area contributed by atoms with Crippen molar-refractivity contribution in [3.8, 4) is 11.5 Å². The van der Waals surface area contributed by atoms with Crippen LogP contribution in [0.1, 0.15) is 50.5 Å². The molecule has 126 valence electrons. The summed E-state index contributed by atoms with van der Waals surface area (Å²) in [7, 11) is 3.25. The number of benzene rings is 1. The maximum absolute atomic E-state index is 12.3. The van der Waals surface area contributed by atoms with Gasteiger partial charge in [-0.15, -0.1) is 0 Å². The lowest BCUT2D eigenvalue weighted by Crippen LogP contribution is -2.46. The molecule has 2 aliphatic rings. The van der Waals surface area contributed by atoms with E-state index in [-0.39, 0.29) is 11.6 Å². The fourth-order valence-corrected chi connectivity index (χ4v) is 3.43. The van der Waals surface area contributed by atoms with Crippen LogP contribution in [0, 0.1) is 0 Å². The molecule has 0 aliphatic heterocycles. The minimum absolute atomic E-state index is 0.0517. The molecule has 2 N–H and O–H groups in total. The Labute approximate surface area is 137 Å². The van der Waals surface area contributed by atoms with Crippen LogP contribution in [-0.2, 0) is 5.54 Å². The topological polar surface area (TPSA) is 59.6 Å². The lowest BCUT2D eigenvalue weighted by Gasteiger charge is -2.25. The summed E-state index contributed by atoms with van der Waals surface area (Å²) in [6, 6.07) is 6.14. The molecule has 23 heavy (non-hydrogen) atoms. The number of hydrogen-bond acceptors (Lipinski definition) is 3. The van der Waals surface area contributed by atoms with E-state index in [1.165, 1.54) is 19.3 Å². The lowest BCUT2D eigenvalue weighted by molar-refractivity contribution is 0.227. The highest BCUT2D eigenvalue weighted by Gasteiger charge is 2.46. The highest BCUT2D eigenvalue weighted by atomic mass is 16.5. The van der Waals surface area contributed by atoms with E-state index >= 15 is 0 Å². The number of hydrogen-bond donors (Lipinski definition) is 2. The summed E-state index contributed by atoms with van der Waals surface area (Å²) in [5.74, 6) is 1.41.